The first kappa shape index (κ1) is 19.4. The number of nitrogens with zero attached hydrogens (tertiary/aromatic N) is 1. The number of nitrogens with one attached hydrogen (secondary N) is 1. The second kappa shape index (κ2) is 8.97. The molecule has 1 N–H and O–H groups in total. The highest BCUT2D eigenvalue weighted by molar-refractivity contribution is 9.10. The summed E-state index contributed by atoms with van der Waals surface area (Å²) in [7, 11) is 1.48. The second-order valence-corrected chi connectivity index (χ2v) is 6.21. The lowest BCUT2D eigenvalue weighted by Gasteiger charge is -2.20. The Hall–Kier alpha value is -2.91. The summed E-state index contributed by atoms with van der Waals surface area (Å²) >= 11 is 3.26. The smallest absolute Gasteiger partial charge is 0.251 e. The van der Waals surface area contributed by atoms with Crippen molar-refractivity contribution >= 4 is 39.5 Å². The number of halogens is 2. The monoisotopic (exact) mass is 414 g/mol. The minimum atomic E-state index is -0.470. The Balaban J connectivity index is 2.33. The maximum absolute atomic E-state index is 13.8. The molecule has 0 heterocycles. The molecule has 2 amide bonds. The summed E-state index contributed by atoms with van der Waals surface area (Å²) in [5.74, 6) is 1.22. The lowest BCUT2D eigenvalue weighted by Crippen LogP contribution is -2.39. The Morgan fingerprint density at radius 3 is 2.77 bits per heavy atom. The van der Waals surface area contributed by atoms with Crippen LogP contribution in [0.3, 0.4) is 0 Å². The van der Waals surface area contributed by atoms with Crippen LogP contribution in [0.2, 0.25) is 0 Å². The number of rotatable bonds is 5. The zero-order valence-corrected chi connectivity index (χ0v) is 15.6. The topological polar surface area (TPSA) is 49.4 Å². The highest BCUT2D eigenvalue weighted by Gasteiger charge is 2.17. The molecule has 2 aromatic carbocycles. The fourth-order valence-electron chi connectivity index (χ4n) is 2.18. The maximum atomic E-state index is 13.8. The Morgan fingerprint density at radius 2 is 2.08 bits per heavy atom. The van der Waals surface area contributed by atoms with Crippen LogP contribution in [0.1, 0.15) is 11.1 Å². The predicted octanol–water partition coefficient (Wildman–Crippen LogP) is 3.36. The summed E-state index contributed by atoms with van der Waals surface area (Å²) in [6.07, 6.45) is 7.98. The van der Waals surface area contributed by atoms with Crippen LogP contribution < -0.4 is 10.2 Å². The van der Waals surface area contributed by atoms with Crippen LogP contribution in [-0.4, -0.2) is 25.4 Å². The van der Waals surface area contributed by atoms with E-state index in [1.165, 1.54) is 30.2 Å². The van der Waals surface area contributed by atoms with Crippen molar-refractivity contribution in [3.63, 3.8) is 0 Å². The fraction of sp³-hybridized carbons (Fsp3) is 0.100. The van der Waals surface area contributed by atoms with Gasteiger partial charge in [-0.3, -0.25) is 14.5 Å². The van der Waals surface area contributed by atoms with E-state index < -0.39 is 11.7 Å². The number of anilines is 1. The van der Waals surface area contributed by atoms with Gasteiger partial charge in [-0.15, -0.1) is 6.42 Å². The zero-order valence-electron chi connectivity index (χ0n) is 14.0. The summed E-state index contributed by atoms with van der Waals surface area (Å²) in [6, 6.07) is 11.2. The summed E-state index contributed by atoms with van der Waals surface area (Å²) in [4.78, 5) is 25.7. The summed E-state index contributed by atoms with van der Waals surface area (Å²) in [5, 5.41) is 2.48. The molecule has 0 aliphatic carbocycles. The molecule has 0 radical (unpaired) electrons. The molecule has 0 aliphatic rings. The number of amides is 2. The molecule has 6 heteroatoms. The molecular weight excluding hydrogens is 399 g/mol. The maximum Gasteiger partial charge on any atom is 0.251 e. The molecule has 0 fully saturated rings. The Bertz CT molecular complexity index is 903. The third kappa shape index (κ3) is 5.04. The van der Waals surface area contributed by atoms with Gasteiger partial charge in [-0.2, -0.15) is 0 Å². The molecule has 0 unspecified atom stereocenters. The van der Waals surface area contributed by atoms with Gasteiger partial charge < -0.3 is 5.32 Å². The van der Waals surface area contributed by atoms with Crippen molar-refractivity contribution in [1.82, 2.24) is 5.32 Å². The minimum absolute atomic E-state index is 0.186. The Morgan fingerprint density at radius 1 is 1.31 bits per heavy atom. The molecular formula is C20H16BrFN2O2. The average molecular weight is 415 g/mol. The number of likely N-dealkylation sites (N-methyl/N-ethyl adjacent to an activating group) is 1. The summed E-state index contributed by atoms with van der Waals surface area (Å²) in [5.41, 5.74) is 1.32. The van der Waals surface area contributed by atoms with Gasteiger partial charge >= 0.3 is 0 Å². The number of hydrogen-bond acceptors (Lipinski definition) is 2. The highest BCUT2D eigenvalue weighted by Crippen LogP contribution is 2.19. The second-order valence-electron chi connectivity index (χ2n) is 5.29. The highest BCUT2D eigenvalue weighted by atomic mass is 79.9. The molecule has 0 saturated heterocycles. The number of carbonyl (C=O) groups is 2. The largest absolute Gasteiger partial charge is 0.358 e. The number of carbonyl (C=O) groups excluding carboxylic acids is 2. The van der Waals surface area contributed by atoms with Gasteiger partial charge in [0.2, 0.25) is 5.91 Å². The van der Waals surface area contributed by atoms with Crippen LogP contribution in [-0.2, 0) is 9.59 Å². The standard InChI is InChI=1S/C20H16BrFN2O2/c1-3-14-5-4-6-17(11-14)24(13-19(25)23-2)20(26)10-7-15-12-16(21)8-9-18(15)22/h1,4-12H,13H2,2H3,(H,23,25)/b10-7+. The van der Waals surface area contributed by atoms with Crippen LogP contribution in [0.25, 0.3) is 6.08 Å². The van der Waals surface area contributed by atoms with E-state index in [0.29, 0.717) is 15.7 Å². The lowest BCUT2D eigenvalue weighted by atomic mass is 10.1. The Kier molecular flexibility index (Phi) is 6.70. The molecule has 132 valence electrons. The van der Waals surface area contributed by atoms with Crippen molar-refractivity contribution in [2.45, 2.75) is 0 Å². The lowest BCUT2D eigenvalue weighted by molar-refractivity contribution is -0.121. The van der Waals surface area contributed by atoms with Crippen LogP contribution in [0, 0.1) is 18.2 Å². The van der Waals surface area contributed by atoms with Crippen molar-refractivity contribution < 1.29 is 14.0 Å². The molecule has 2 rings (SSSR count). The van der Waals surface area contributed by atoms with Gasteiger partial charge in [-0.05, 0) is 42.5 Å². The van der Waals surface area contributed by atoms with E-state index in [2.05, 4.69) is 27.2 Å². The molecule has 0 saturated carbocycles. The quantitative estimate of drug-likeness (QED) is 0.602. The van der Waals surface area contributed by atoms with Crippen LogP contribution in [0.5, 0.6) is 0 Å². The Labute approximate surface area is 159 Å². The SMILES string of the molecule is C#Cc1cccc(N(CC(=O)NC)C(=O)/C=C/c2cc(Br)ccc2F)c1. The van der Waals surface area contributed by atoms with Crippen molar-refractivity contribution in [3.8, 4) is 12.3 Å². The fourth-order valence-corrected chi connectivity index (χ4v) is 2.55. The van der Waals surface area contributed by atoms with Crippen LogP contribution in [0.4, 0.5) is 10.1 Å². The van der Waals surface area contributed by atoms with E-state index in [1.807, 2.05) is 0 Å². The van der Waals surface area contributed by atoms with Gasteiger partial charge in [0.1, 0.15) is 12.4 Å². The van der Waals surface area contributed by atoms with E-state index in [4.69, 9.17) is 6.42 Å². The molecule has 4 nitrogen and oxygen atoms in total. The predicted molar refractivity (Wildman–Crippen MR) is 104 cm³/mol. The molecule has 0 bridgehead atoms. The summed E-state index contributed by atoms with van der Waals surface area (Å²) in [6.45, 7) is -0.186. The van der Waals surface area contributed by atoms with Crippen molar-refractivity contribution in [2.75, 3.05) is 18.5 Å². The molecule has 0 aliphatic heterocycles. The average Bonchev–Trinajstić information content (AvgIpc) is 2.66. The van der Waals surface area contributed by atoms with Gasteiger partial charge in [-0.1, -0.05) is 27.9 Å². The molecule has 26 heavy (non-hydrogen) atoms. The van der Waals surface area contributed by atoms with Gasteiger partial charge in [0.15, 0.2) is 0 Å². The molecule has 0 atom stereocenters. The van der Waals surface area contributed by atoms with Gasteiger partial charge in [0.25, 0.3) is 5.91 Å². The van der Waals surface area contributed by atoms with Gasteiger partial charge in [0.05, 0.1) is 0 Å². The summed E-state index contributed by atoms with van der Waals surface area (Å²) < 4.78 is 14.5. The van der Waals surface area contributed by atoms with Crippen molar-refractivity contribution in [2.24, 2.45) is 0 Å². The molecule has 2 aromatic rings. The van der Waals surface area contributed by atoms with E-state index in [9.17, 15) is 14.0 Å². The van der Waals surface area contributed by atoms with Crippen molar-refractivity contribution in [1.29, 1.82) is 0 Å². The number of terminal acetylenes is 1. The van der Waals surface area contributed by atoms with Gasteiger partial charge in [-0.25, -0.2) is 4.39 Å². The zero-order chi connectivity index (χ0) is 19.1. The van der Waals surface area contributed by atoms with Crippen molar-refractivity contribution in [3.05, 3.63) is 70.0 Å². The third-order valence-corrected chi connectivity index (χ3v) is 4.03. The third-order valence-electron chi connectivity index (χ3n) is 3.53. The van der Waals surface area contributed by atoms with E-state index in [-0.39, 0.29) is 18.0 Å². The first-order valence-corrected chi connectivity index (χ1v) is 8.45. The van der Waals surface area contributed by atoms with E-state index in [0.717, 1.165) is 0 Å². The van der Waals surface area contributed by atoms with Crippen LogP contribution >= 0.6 is 15.9 Å². The van der Waals surface area contributed by atoms with E-state index >= 15 is 0 Å². The van der Waals surface area contributed by atoms with Crippen LogP contribution in [0.15, 0.2) is 53.0 Å². The molecule has 0 spiro atoms. The molecule has 0 aromatic heterocycles. The first-order chi connectivity index (χ1) is 12.4. The first-order valence-electron chi connectivity index (χ1n) is 7.66. The normalized spacial score (nSPS) is 10.4. The van der Waals surface area contributed by atoms with Gasteiger partial charge in [0, 0.05) is 34.4 Å². The number of hydrogen-bond donors (Lipinski definition) is 1. The minimum Gasteiger partial charge on any atom is -0.358 e. The number of benzene rings is 2. The van der Waals surface area contributed by atoms with E-state index in [1.54, 1.807) is 36.4 Å².